The van der Waals surface area contributed by atoms with Crippen LogP contribution in [0.4, 0.5) is 0 Å². The molecule has 0 unspecified atom stereocenters. The molecule has 0 fully saturated rings. The molecule has 0 bridgehead atoms. The topological polar surface area (TPSA) is 55.0 Å². The maximum Gasteiger partial charge on any atom is 0.354 e. The number of esters is 1. The molecule has 0 saturated carbocycles. The summed E-state index contributed by atoms with van der Waals surface area (Å²) in [4.78, 5) is 18.4. The Morgan fingerprint density at radius 2 is 2.40 bits per heavy atom. The molecule has 78 valence electrons. The zero-order valence-corrected chi connectivity index (χ0v) is 9.22. The van der Waals surface area contributed by atoms with Crippen molar-refractivity contribution in [3.63, 3.8) is 0 Å². The van der Waals surface area contributed by atoms with Gasteiger partial charge in [-0.1, -0.05) is 0 Å². The van der Waals surface area contributed by atoms with Crippen LogP contribution in [0.15, 0.2) is 17.6 Å². The minimum Gasteiger partial charge on any atom is -0.464 e. The van der Waals surface area contributed by atoms with Gasteiger partial charge in [0.05, 0.1) is 17.8 Å². The number of carbonyl (C=O) groups excluding carboxylic acids is 1. The predicted molar refractivity (Wildman–Crippen MR) is 58.0 cm³/mol. The molecule has 5 heteroatoms. The van der Waals surface area contributed by atoms with Gasteiger partial charge in [-0.05, 0) is 13.0 Å². The van der Waals surface area contributed by atoms with Crippen LogP contribution in [0.5, 0.6) is 0 Å². The van der Waals surface area contributed by atoms with Gasteiger partial charge in [-0.25, -0.2) is 9.78 Å². The number of aryl methyl sites for hydroxylation is 1. The van der Waals surface area contributed by atoms with E-state index < -0.39 is 0 Å². The van der Waals surface area contributed by atoms with Gasteiger partial charge < -0.3 is 9.72 Å². The lowest BCUT2D eigenvalue weighted by Gasteiger charge is -1.92. The first-order chi connectivity index (χ1) is 7.20. The van der Waals surface area contributed by atoms with Gasteiger partial charge in [0.25, 0.3) is 0 Å². The number of hydrogen-bond donors (Lipinski definition) is 1. The van der Waals surface area contributed by atoms with E-state index in [4.69, 9.17) is 0 Å². The van der Waals surface area contributed by atoms with Crippen molar-refractivity contribution in [1.82, 2.24) is 9.97 Å². The zero-order chi connectivity index (χ0) is 10.8. The molecule has 0 amide bonds. The van der Waals surface area contributed by atoms with Crippen molar-refractivity contribution < 1.29 is 9.53 Å². The third-order valence-electron chi connectivity index (χ3n) is 2.00. The first kappa shape index (κ1) is 9.92. The molecular weight excluding hydrogens is 212 g/mol. The fourth-order valence-corrected chi connectivity index (χ4v) is 1.89. The number of carbonyl (C=O) groups is 1. The van der Waals surface area contributed by atoms with Gasteiger partial charge >= 0.3 is 5.97 Å². The number of nitrogens with one attached hydrogen (secondary N) is 1. The second-order valence-electron chi connectivity index (χ2n) is 3.05. The van der Waals surface area contributed by atoms with Gasteiger partial charge in [-0.2, -0.15) is 0 Å². The Morgan fingerprint density at radius 1 is 1.60 bits per heavy atom. The highest BCUT2D eigenvalue weighted by Gasteiger charge is 2.10. The van der Waals surface area contributed by atoms with Crippen LogP contribution in [-0.4, -0.2) is 23.0 Å². The van der Waals surface area contributed by atoms with E-state index in [2.05, 4.69) is 14.7 Å². The molecule has 1 N–H and O–H groups in total. The fourth-order valence-electron chi connectivity index (χ4n) is 1.27. The highest BCUT2D eigenvalue weighted by atomic mass is 32.1. The number of thiazole rings is 1. The summed E-state index contributed by atoms with van der Waals surface area (Å²) in [5, 5.41) is 2.96. The Bertz CT molecular complexity index is 487. The smallest absolute Gasteiger partial charge is 0.354 e. The number of ether oxygens (including phenoxy) is 1. The van der Waals surface area contributed by atoms with Crippen LogP contribution in [0.25, 0.3) is 11.3 Å². The maximum absolute atomic E-state index is 11.2. The van der Waals surface area contributed by atoms with Crippen molar-refractivity contribution in [1.29, 1.82) is 0 Å². The Morgan fingerprint density at radius 3 is 3.00 bits per heavy atom. The molecule has 2 heterocycles. The standard InChI is InChI=1S/C10H10N2O2S/c1-6-12-9(5-15-6)7-3-8(11-4-7)10(13)14-2/h3-5,11H,1-2H3. The number of methoxy groups -OCH3 is 1. The Labute approximate surface area is 90.9 Å². The van der Waals surface area contributed by atoms with Gasteiger partial charge in [0.2, 0.25) is 0 Å². The van der Waals surface area contributed by atoms with Crippen LogP contribution in [0.2, 0.25) is 0 Å². The van der Waals surface area contributed by atoms with Crippen molar-refractivity contribution in [2.24, 2.45) is 0 Å². The number of rotatable bonds is 2. The quantitative estimate of drug-likeness (QED) is 0.793. The molecule has 0 aliphatic carbocycles. The second-order valence-corrected chi connectivity index (χ2v) is 4.11. The molecule has 0 aliphatic rings. The molecule has 2 rings (SSSR count). The SMILES string of the molecule is COC(=O)c1cc(-c2csc(C)n2)c[nH]1. The number of hydrogen-bond acceptors (Lipinski definition) is 4. The zero-order valence-electron chi connectivity index (χ0n) is 8.40. The van der Waals surface area contributed by atoms with Crippen molar-refractivity contribution in [2.45, 2.75) is 6.92 Å². The van der Waals surface area contributed by atoms with Gasteiger partial charge in [-0.3, -0.25) is 0 Å². The summed E-state index contributed by atoms with van der Waals surface area (Å²) >= 11 is 1.58. The van der Waals surface area contributed by atoms with Crippen molar-refractivity contribution in [3.05, 3.63) is 28.3 Å². The van der Waals surface area contributed by atoms with E-state index in [1.54, 1.807) is 23.6 Å². The first-order valence-corrected chi connectivity index (χ1v) is 5.28. The average molecular weight is 222 g/mol. The molecule has 0 aromatic carbocycles. The van der Waals surface area contributed by atoms with Crippen LogP contribution >= 0.6 is 11.3 Å². The Hall–Kier alpha value is -1.62. The van der Waals surface area contributed by atoms with E-state index in [9.17, 15) is 4.79 Å². The predicted octanol–water partition coefficient (Wildman–Crippen LogP) is 2.23. The minimum atomic E-state index is -0.367. The third kappa shape index (κ3) is 1.92. The monoisotopic (exact) mass is 222 g/mol. The lowest BCUT2D eigenvalue weighted by Crippen LogP contribution is -2.00. The van der Waals surface area contributed by atoms with Gasteiger partial charge in [0, 0.05) is 17.1 Å². The highest BCUT2D eigenvalue weighted by molar-refractivity contribution is 7.09. The lowest BCUT2D eigenvalue weighted by molar-refractivity contribution is 0.0595. The van der Waals surface area contributed by atoms with Gasteiger partial charge in [-0.15, -0.1) is 11.3 Å². The second kappa shape index (κ2) is 3.86. The van der Waals surface area contributed by atoms with E-state index in [1.165, 1.54) is 7.11 Å². The molecule has 15 heavy (non-hydrogen) atoms. The number of aromatic amines is 1. The number of aromatic nitrogens is 2. The lowest BCUT2D eigenvalue weighted by atomic mass is 10.2. The summed E-state index contributed by atoms with van der Waals surface area (Å²) in [6, 6.07) is 1.74. The van der Waals surface area contributed by atoms with Crippen molar-refractivity contribution >= 4 is 17.3 Å². The normalized spacial score (nSPS) is 10.3. The summed E-state index contributed by atoms with van der Waals surface area (Å²) in [6.45, 7) is 1.95. The van der Waals surface area contributed by atoms with Crippen molar-refractivity contribution in [2.75, 3.05) is 7.11 Å². The molecule has 0 aliphatic heterocycles. The largest absolute Gasteiger partial charge is 0.464 e. The average Bonchev–Trinajstić information content (AvgIpc) is 2.84. The molecule has 0 radical (unpaired) electrons. The molecule has 2 aromatic heterocycles. The number of nitrogens with zero attached hydrogens (tertiary/aromatic N) is 1. The van der Waals surface area contributed by atoms with E-state index in [-0.39, 0.29) is 5.97 Å². The van der Waals surface area contributed by atoms with Crippen LogP contribution in [0.1, 0.15) is 15.5 Å². The molecule has 4 nitrogen and oxygen atoms in total. The summed E-state index contributed by atoms with van der Waals surface area (Å²) in [5.41, 5.74) is 2.22. The minimum absolute atomic E-state index is 0.367. The summed E-state index contributed by atoms with van der Waals surface area (Å²) < 4.78 is 4.60. The third-order valence-corrected chi connectivity index (χ3v) is 2.78. The van der Waals surface area contributed by atoms with E-state index in [0.29, 0.717) is 5.69 Å². The summed E-state index contributed by atoms with van der Waals surface area (Å²) in [5.74, 6) is -0.367. The van der Waals surface area contributed by atoms with Crippen LogP contribution in [0, 0.1) is 6.92 Å². The summed E-state index contributed by atoms with van der Waals surface area (Å²) in [7, 11) is 1.36. The molecule has 2 aromatic rings. The number of H-pyrrole nitrogens is 1. The Kier molecular flexibility index (Phi) is 2.55. The van der Waals surface area contributed by atoms with Gasteiger partial charge in [0.1, 0.15) is 5.69 Å². The van der Waals surface area contributed by atoms with E-state index in [0.717, 1.165) is 16.3 Å². The molecule has 0 spiro atoms. The molecular formula is C10H10N2O2S. The van der Waals surface area contributed by atoms with Crippen LogP contribution in [0.3, 0.4) is 0 Å². The fraction of sp³-hybridized carbons (Fsp3) is 0.200. The van der Waals surface area contributed by atoms with Crippen LogP contribution in [-0.2, 0) is 4.74 Å². The van der Waals surface area contributed by atoms with Crippen LogP contribution < -0.4 is 0 Å². The first-order valence-electron chi connectivity index (χ1n) is 4.40. The molecule has 0 atom stereocenters. The van der Waals surface area contributed by atoms with Crippen molar-refractivity contribution in [3.8, 4) is 11.3 Å². The highest BCUT2D eigenvalue weighted by Crippen LogP contribution is 2.22. The maximum atomic E-state index is 11.2. The summed E-state index contributed by atoms with van der Waals surface area (Å²) in [6.07, 6.45) is 1.75. The Balaban J connectivity index is 2.31. The van der Waals surface area contributed by atoms with Gasteiger partial charge in [0.15, 0.2) is 0 Å². The van der Waals surface area contributed by atoms with E-state index >= 15 is 0 Å². The molecule has 0 saturated heterocycles. The van der Waals surface area contributed by atoms with E-state index in [1.807, 2.05) is 12.3 Å².